The maximum atomic E-state index is 12.3. The normalized spacial score (nSPS) is 30.2. The molecular formula is C10H18F3NO. The minimum absolute atomic E-state index is 0.00662. The zero-order chi connectivity index (χ0) is 11.5. The first-order valence-corrected chi connectivity index (χ1v) is 5.40. The van der Waals surface area contributed by atoms with Gasteiger partial charge >= 0.3 is 6.18 Å². The van der Waals surface area contributed by atoms with E-state index in [1.54, 1.807) is 0 Å². The lowest BCUT2D eigenvalue weighted by Crippen LogP contribution is -2.32. The fourth-order valence-corrected chi connectivity index (χ4v) is 2.24. The van der Waals surface area contributed by atoms with Gasteiger partial charge < -0.3 is 10.8 Å². The Bertz CT molecular complexity index is 188. The summed E-state index contributed by atoms with van der Waals surface area (Å²) >= 11 is 0. The average molecular weight is 225 g/mol. The Labute approximate surface area is 87.6 Å². The molecule has 0 spiro atoms. The van der Waals surface area contributed by atoms with Crippen LogP contribution < -0.4 is 5.73 Å². The summed E-state index contributed by atoms with van der Waals surface area (Å²) in [5.41, 5.74) is 5.29. The van der Waals surface area contributed by atoms with E-state index in [9.17, 15) is 18.3 Å². The molecule has 0 aromatic carbocycles. The van der Waals surface area contributed by atoms with Crippen molar-refractivity contribution in [2.75, 3.05) is 6.54 Å². The van der Waals surface area contributed by atoms with Crippen molar-refractivity contribution < 1.29 is 18.3 Å². The van der Waals surface area contributed by atoms with Crippen LogP contribution in [0.3, 0.4) is 0 Å². The van der Waals surface area contributed by atoms with Crippen LogP contribution in [0.25, 0.3) is 0 Å². The van der Waals surface area contributed by atoms with Crippen molar-refractivity contribution >= 4 is 0 Å². The zero-order valence-electron chi connectivity index (χ0n) is 8.63. The third kappa shape index (κ3) is 3.65. The Balaban J connectivity index is 2.36. The number of hydrogen-bond acceptors (Lipinski definition) is 2. The van der Waals surface area contributed by atoms with E-state index in [-0.39, 0.29) is 18.8 Å². The van der Waals surface area contributed by atoms with Crippen molar-refractivity contribution in [3.05, 3.63) is 0 Å². The molecule has 1 rings (SSSR count). The molecular weight excluding hydrogens is 207 g/mol. The number of aliphatic hydroxyl groups excluding tert-OH is 1. The fourth-order valence-electron chi connectivity index (χ4n) is 2.24. The Morgan fingerprint density at radius 2 is 1.73 bits per heavy atom. The summed E-state index contributed by atoms with van der Waals surface area (Å²) < 4.78 is 37.0. The molecule has 1 atom stereocenters. The second-order valence-corrected chi connectivity index (χ2v) is 4.30. The lowest BCUT2D eigenvalue weighted by molar-refractivity contribution is -0.185. The average Bonchev–Trinajstić information content (AvgIpc) is 2.17. The first-order valence-electron chi connectivity index (χ1n) is 5.40. The molecule has 0 heterocycles. The monoisotopic (exact) mass is 225 g/mol. The van der Waals surface area contributed by atoms with Gasteiger partial charge in [-0.15, -0.1) is 0 Å². The Morgan fingerprint density at radius 1 is 1.20 bits per heavy atom. The number of alkyl halides is 3. The van der Waals surface area contributed by atoms with Crippen LogP contribution in [0.5, 0.6) is 0 Å². The molecule has 0 aliphatic heterocycles. The fraction of sp³-hybridized carbons (Fsp3) is 1.00. The minimum atomic E-state index is -4.07. The number of aliphatic hydroxyl groups is 1. The van der Waals surface area contributed by atoms with Gasteiger partial charge in [-0.05, 0) is 44.6 Å². The maximum absolute atomic E-state index is 12.3. The van der Waals surface area contributed by atoms with Crippen molar-refractivity contribution in [1.29, 1.82) is 0 Å². The molecule has 2 nitrogen and oxygen atoms in total. The highest BCUT2D eigenvalue weighted by Gasteiger charge is 2.42. The molecule has 0 aromatic rings. The predicted octanol–water partition coefficient (Wildman–Crippen LogP) is 2.06. The molecule has 0 bridgehead atoms. The topological polar surface area (TPSA) is 46.2 Å². The molecule has 90 valence electrons. The van der Waals surface area contributed by atoms with E-state index in [1.807, 2.05) is 0 Å². The molecule has 1 aliphatic carbocycles. The van der Waals surface area contributed by atoms with E-state index in [4.69, 9.17) is 5.73 Å². The molecule has 0 aromatic heterocycles. The Kier molecular flexibility index (Phi) is 4.40. The van der Waals surface area contributed by atoms with Gasteiger partial charge in [-0.1, -0.05) is 0 Å². The Hall–Kier alpha value is -0.290. The van der Waals surface area contributed by atoms with Crippen molar-refractivity contribution in [2.45, 2.75) is 44.4 Å². The van der Waals surface area contributed by atoms with Gasteiger partial charge in [0.05, 0.1) is 12.0 Å². The van der Waals surface area contributed by atoms with Crippen LogP contribution in [0.1, 0.15) is 32.1 Å². The van der Waals surface area contributed by atoms with Crippen LogP contribution in [0, 0.1) is 11.8 Å². The summed E-state index contributed by atoms with van der Waals surface area (Å²) in [5.74, 6) is -1.16. The van der Waals surface area contributed by atoms with E-state index in [0.29, 0.717) is 25.8 Å². The lowest BCUT2D eigenvalue weighted by Gasteiger charge is -2.32. The van der Waals surface area contributed by atoms with Crippen LogP contribution in [0.15, 0.2) is 0 Å². The van der Waals surface area contributed by atoms with Gasteiger partial charge in [-0.2, -0.15) is 13.2 Å². The number of halogens is 3. The van der Waals surface area contributed by atoms with Crippen LogP contribution in [0.2, 0.25) is 0 Å². The number of hydrogen-bond donors (Lipinski definition) is 2. The molecule has 1 saturated carbocycles. The largest absolute Gasteiger partial charge is 0.393 e. The van der Waals surface area contributed by atoms with Crippen LogP contribution in [-0.2, 0) is 0 Å². The first kappa shape index (κ1) is 12.8. The van der Waals surface area contributed by atoms with Crippen molar-refractivity contribution in [1.82, 2.24) is 0 Å². The van der Waals surface area contributed by atoms with Crippen LogP contribution in [-0.4, -0.2) is 23.9 Å². The molecule has 15 heavy (non-hydrogen) atoms. The Morgan fingerprint density at radius 3 is 2.13 bits per heavy atom. The van der Waals surface area contributed by atoms with Crippen molar-refractivity contribution in [3.63, 3.8) is 0 Å². The minimum Gasteiger partial charge on any atom is -0.393 e. The van der Waals surface area contributed by atoms with E-state index in [0.717, 1.165) is 0 Å². The lowest BCUT2D eigenvalue weighted by atomic mass is 9.78. The molecule has 3 N–H and O–H groups in total. The molecule has 1 aliphatic rings. The first-order chi connectivity index (χ1) is 6.95. The molecule has 1 unspecified atom stereocenters. The highest BCUT2D eigenvalue weighted by molar-refractivity contribution is 4.80. The van der Waals surface area contributed by atoms with Gasteiger partial charge in [-0.25, -0.2) is 0 Å². The molecule has 1 fully saturated rings. The predicted molar refractivity (Wildman–Crippen MR) is 51.2 cm³/mol. The second-order valence-electron chi connectivity index (χ2n) is 4.30. The molecule has 0 amide bonds. The highest BCUT2D eigenvalue weighted by Crippen LogP contribution is 2.40. The van der Waals surface area contributed by atoms with E-state index < -0.39 is 18.2 Å². The maximum Gasteiger partial charge on any atom is 0.391 e. The van der Waals surface area contributed by atoms with Crippen molar-refractivity contribution in [3.8, 4) is 0 Å². The summed E-state index contributed by atoms with van der Waals surface area (Å²) in [6, 6.07) is 0. The SMILES string of the molecule is NCCC(O)C1CCC(C(F)(F)F)CC1. The third-order valence-corrected chi connectivity index (χ3v) is 3.24. The third-order valence-electron chi connectivity index (χ3n) is 3.24. The van der Waals surface area contributed by atoms with Crippen LogP contribution >= 0.6 is 0 Å². The summed E-state index contributed by atoms with van der Waals surface area (Å²) in [7, 11) is 0. The van der Waals surface area contributed by atoms with Gasteiger partial charge in [0.2, 0.25) is 0 Å². The van der Waals surface area contributed by atoms with Crippen molar-refractivity contribution in [2.24, 2.45) is 17.6 Å². The van der Waals surface area contributed by atoms with Gasteiger partial charge in [0.15, 0.2) is 0 Å². The number of rotatable bonds is 3. The summed E-state index contributed by atoms with van der Waals surface area (Å²) in [6.07, 6.45) is -2.88. The molecule has 0 saturated heterocycles. The quantitative estimate of drug-likeness (QED) is 0.772. The smallest absolute Gasteiger partial charge is 0.391 e. The van der Waals surface area contributed by atoms with E-state index >= 15 is 0 Å². The highest BCUT2D eigenvalue weighted by atomic mass is 19.4. The number of nitrogens with two attached hydrogens (primary N) is 1. The van der Waals surface area contributed by atoms with Gasteiger partial charge in [0, 0.05) is 0 Å². The van der Waals surface area contributed by atoms with E-state index in [2.05, 4.69) is 0 Å². The van der Waals surface area contributed by atoms with Gasteiger partial charge in [0.1, 0.15) is 0 Å². The summed E-state index contributed by atoms with van der Waals surface area (Å²) in [4.78, 5) is 0. The zero-order valence-corrected chi connectivity index (χ0v) is 8.63. The summed E-state index contributed by atoms with van der Waals surface area (Å²) in [6.45, 7) is 0.389. The second kappa shape index (κ2) is 5.16. The summed E-state index contributed by atoms with van der Waals surface area (Å²) in [5, 5.41) is 9.60. The standard InChI is InChI=1S/C10H18F3NO/c11-10(12,13)8-3-1-7(2-4-8)9(15)5-6-14/h7-9,15H,1-6,14H2. The van der Waals surface area contributed by atoms with Crippen LogP contribution in [0.4, 0.5) is 13.2 Å². The van der Waals surface area contributed by atoms with Gasteiger partial charge in [0.25, 0.3) is 0 Å². The molecule has 0 radical (unpaired) electrons. The van der Waals surface area contributed by atoms with E-state index in [1.165, 1.54) is 0 Å². The molecule has 5 heteroatoms. The van der Waals surface area contributed by atoms with Gasteiger partial charge in [-0.3, -0.25) is 0 Å².